The molecule has 2 rings (SSSR count). The van der Waals surface area contributed by atoms with Crippen LogP contribution in [0.4, 0.5) is 0 Å². The first-order valence-electron chi connectivity index (χ1n) is 6.47. The van der Waals surface area contributed by atoms with Gasteiger partial charge in [-0.1, -0.05) is 39.8 Å². The minimum atomic E-state index is 0.118. The zero-order valence-electron chi connectivity index (χ0n) is 11.9. The van der Waals surface area contributed by atoms with E-state index in [1.54, 1.807) is 7.11 Å². The van der Waals surface area contributed by atoms with E-state index < -0.39 is 0 Å². The van der Waals surface area contributed by atoms with Crippen molar-refractivity contribution in [2.75, 3.05) is 13.7 Å². The predicted octanol–water partition coefficient (Wildman–Crippen LogP) is 4.12. The average molecular weight is 246 g/mol. The summed E-state index contributed by atoms with van der Waals surface area (Å²) in [6.07, 6.45) is 0. The van der Waals surface area contributed by atoms with Crippen LogP contribution in [0.5, 0.6) is 5.75 Å². The molecule has 1 aliphatic rings. The van der Waals surface area contributed by atoms with Crippen molar-refractivity contribution in [1.82, 2.24) is 0 Å². The molecule has 1 heterocycles. The Bertz CT molecular complexity index is 470. The second-order valence-corrected chi connectivity index (χ2v) is 5.80. The molecule has 1 aromatic carbocycles. The largest absolute Gasteiger partial charge is 0.497 e. The summed E-state index contributed by atoms with van der Waals surface area (Å²) in [4.78, 5) is 0. The van der Waals surface area contributed by atoms with Crippen LogP contribution >= 0.6 is 0 Å². The Balaban J connectivity index is 2.50. The van der Waals surface area contributed by atoms with Gasteiger partial charge in [0.2, 0.25) is 0 Å². The van der Waals surface area contributed by atoms with Crippen molar-refractivity contribution in [1.29, 1.82) is 0 Å². The van der Waals surface area contributed by atoms with E-state index in [4.69, 9.17) is 9.47 Å². The van der Waals surface area contributed by atoms with E-state index in [9.17, 15) is 0 Å². The van der Waals surface area contributed by atoms with Gasteiger partial charge in [-0.15, -0.1) is 0 Å². The molecule has 0 unspecified atom stereocenters. The van der Waals surface area contributed by atoms with Crippen molar-refractivity contribution in [2.24, 2.45) is 11.3 Å². The van der Waals surface area contributed by atoms with Crippen molar-refractivity contribution in [3.05, 3.63) is 35.4 Å². The molecule has 18 heavy (non-hydrogen) atoms. The molecule has 0 atom stereocenters. The van der Waals surface area contributed by atoms with E-state index >= 15 is 0 Å². The van der Waals surface area contributed by atoms with Crippen LogP contribution in [0.15, 0.2) is 29.8 Å². The fourth-order valence-corrected chi connectivity index (χ4v) is 2.76. The summed E-state index contributed by atoms with van der Waals surface area (Å²) in [5.74, 6) is 2.40. The lowest BCUT2D eigenvalue weighted by atomic mass is 9.79. The molecule has 0 amide bonds. The summed E-state index contributed by atoms with van der Waals surface area (Å²) >= 11 is 0. The van der Waals surface area contributed by atoms with Crippen LogP contribution in [0.1, 0.15) is 33.3 Å². The molecule has 0 bridgehead atoms. The summed E-state index contributed by atoms with van der Waals surface area (Å²) in [7, 11) is 1.69. The lowest BCUT2D eigenvalue weighted by Gasteiger charge is -2.22. The first-order chi connectivity index (χ1) is 8.45. The molecule has 0 saturated heterocycles. The second-order valence-electron chi connectivity index (χ2n) is 5.80. The molecule has 2 heteroatoms. The molecule has 0 N–H and O–H groups in total. The minimum Gasteiger partial charge on any atom is -0.497 e. The fraction of sp³-hybridized carbons (Fsp3) is 0.500. The molecule has 0 aliphatic carbocycles. The third-order valence-electron chi connectivity index (χ3n) is 3.46. The lowest BCUT2D eigenvalue weighted by Crippen LogP contribution is -2.18. The molecule has 2 nitrogen and oxygen atoms in total. The van der Waals surface area contributed by atoms with Crippen molar-refractivity contribution in [2.45, 2.75) is 27.7 Å². The van der Waals surface area contributed by atoms with Gasteiger partial charge < -0.3 is 9.47 Å². The Hall–Kier alpha value is -1.44. The Morgan fingerprint density at radius 3 is 2.61 bits per heavy atom. The van der Waals surface area contributed by atoms with Crippen LogP contribution < -0.4 is 4.74 Å². The Morgan fingerprint density at radius 1 is 1.28 bits per heavy atom. The van der Waals surface area contributed by atoms with Gasteiger partial charge in [-0.2, -0.15) is 0 Å². The quantitative estimate of drug-likeness (QED) is 0.798. The van der Waals surface area contributed by atoms with E-state index in [-0.39, 0.29) is 5.41 Å². The normalized spacial score (nSPS) is 18.1. The molecule has 0 radical (unpaired) electrons. The Labute approximate surface area is 110 Å². The van der Waals surface area contributed by atoms with E-state index in [1.165, 1.54) is 5.57 Å². The van der Waals surface area contributed by atoms with E-state index in [0.29, 0.717) is 5.92 Å². The molecule has 98 valence electrons. The van der Waals surface area contributed by atoms with Crippen LogP contribution in [-0.4, -0.2) is 13.7 Å². The monoisotopic (exact) mass is 246 g/mol. The smallest absolute Gasteiger partial charge is 0.126 e. The number of benzene rings is 1. The van der Waals surface area contributed by atoms with Gasteiger partial charge in [0.1, 0.15) is 11.5 Å². The van der Waals surface area contributed by atoms with Gasteiger partial charge in [-0.3, -0.25) is 0 Å². The maximum Gasteiger partial charge on any atom is 0.126 e. The van der Waals surface area contributed by atoms with Crippen LogP contribution in [0.3, 0.4) is 0 Å². The average Bonchev–Trinajstić information content (AvgIpc) is 2.65. The number of ether oxygens (including phenoxy) is 2. The van der Waals surface area contributed by atoms with Crippen molar-refractivity contribution < 1.29 is 9.47 Å². The summed E-state index contributed by atoms with van der Waals surface area (Å²) in [6.45, 7) is 9.70. The number of hydrogen-bond acceptors (Lipinski definition) is 2. The van der Waals surface area contributed by atoms with E-state index in [1.807, 2.05) is 18.2 Å². The second kappa shape index (κ2) is 4.68. The molecule has 1 aromatic rings. The SMILES string of the molecule is COc1cccc(C2=C(C(C)C)C(C)(C)CO2)c1. The highest BCUT2D eigenvalue weighted by molar-refractivity contribution is 5.67. The summed E-state index contributed by atoms with van der Waals surface area (Å²) in [5.41, 5.74) is 2.63. The van der Waals surface area contributed by atoms with Crippen molar-refractivity contribution in [3.8, 4) is 5.75 Å². The summed E-state index contributed by atoms with van der Waals surface area (Å²) in [5, 5.41) is 0. The lowest BCUT2D eigenvalue weighted by molar-refractivity contribution is 0.219. The first kappa shape index (κ1) is 13.0. The van der Waals surface area contributed by atoms with Crippen LogP contribution in [0.25, 0.3) is 5.76 Å². The maximum atomic E-state index is 5.95. The molecule has 0 spiro atoms. The third kappa shape index (κ3) is 2.24. The first-order valence-corrected chi connectivity index (χ1v) is 6.47. The van der Waals surface area contributed by atoms with Gasteiger partial charge in [0.05, 0.1) is 13.7 Å². The minimum absolute atomic E-state index is 0.118. The van der Waals surface area contributed by atoms with Crippen molar-refractivity contribution in [3.63, 3.8) is 0 Å². The van der Waals surface area contributed by atoms with Crippen LogP contribution in [0.2, 0.25) is 0 Å². The zero-order valence-corrected chi connectivity index (χ0v) is 11.9. The molecule has 1 aliphatic heterocycles. The highest BCUT2D eigenvalue weighted by Crippen LogP contribution is 2.44. The molecular weight excluding hydrogens is 224 g/mol. The summed E-state index contributed by atoms with van der Waals surface area (Å²) < 4.78 is 11.2. The van der Waals surface area contributed by atoms with E-state index in [0.717, 1.165) is 23.7 Å². The topological polar surface area (TPSA) is 18.5 Å². The molecule has 0 saturated carbocycles. The van der Waals surface area contributed by atoms with Gasteiger partial charge in [-0.05, 0) is 23.6 Å². The number of methoxy groups -OCH3 is 1. The Morgan fingerprint density at radius 2 is 2.00 bits per heavy atom. The highest BCUT2D eigenvalue weighted by Gasteiger charge is 2.36. The predicted molar refractivity (Wildman–Crippen MR) is 74.5 cm³/mol. The van der Waals surface area contributed by atoms with Gasteiger partial charge in [0.25, 0.3) is 0 Å². The van der Waals surface area contributed by atoms with Gasteiger partial charge in [0.15, 0.2) is 0 Å². The standard InChI is InChI=1S/C16H22O2/c1-11(2)14-15(18-10-16(14,3)4)12-7-6-8-13(9-12)17-5/h6-9,11H,10H2,1-5H3. The number of hydrogen-bond donors (Lipinski definition) is 0. The number of rotatable bonds is 3. The molecular formula is C16H22O2. The Kier molecular flexibility index (Phi) is 3.38. The van der Waals surface area contributed by atoms with Gasteiger partial charge in [-0.25, -0.2) is 0 Å². The van der Waals surface area contributed by atoms with Crippen LogP contribution in [-0.2, 0) is 4.74 Å². The molecule has 0 aromatic heterocycles. The fourth-order valence-electron chi connectivity index (χ4n) is 2.76. The van der Waals surface area contributed by atoms with E-state index in [2.05, 4.69) is 33.8 Å². The highest BCUT2D eigenvalue weighted by atomic mass is 16.5. The van der Waals surface area contributed by atoms with Gasteiger partial charge >= 0.3 is 0 Å². The van der Waals surface area contributed by atoms with Crippen molar-refractivity contribution >= 4 is 5.76 Å². The van der Waals surface area contributed by atoms with Crippen LogP contribution in [0, 0.1) is 11.3 Å². The molecule has 0 fully saturated rings. The zero-order chi connectivity index (χ0) is 13.3. The van der Waals surface area contributed by atoms with Gasteiger partial charge in [0, 0.05) is 11.0 Å². The summed E-state index contributed by atoms with van der Waals surface area (Å²) in [6, 6.07) is 8.09. The maximum absolute atomic E-state index is 5.95. The third-order valence-corrected chi connectivity index (χ3v) is 3.46.